The van der Waals surface area contributed by atoms with Gasteiger partial charge in [0.2, 0.25) is 0 Å². The molecule has 1 amide bonds. The average Bonchev–Trinajstić information content (AvgIpc) is 3.10. The molecule has 0 saturated heterocycles. The van der Waals surface area contributed by atoms with Crippen molar-refractivity contribution in [2.24, 2.45) is 0 Å². The van der Waals surface area contributed by atoms with E-state index in [2.05, 4.69) is 5.32 Å². The van der Waals surface area contributed by atoms with Crippen molar-refractivity contribution in [1.82, 2.24) is 9.88 Å². The molecule has 0 radical (unpaired) electrons. The van der Waals surface area contributed by atoms with Crippen molar-refractivity contribution in [1.29, 1.82) is 5.26 Å². The molecule has 7 nitrogen and oxygen atoms in total. The molecule has 3 aromatic rings. The van der Waals surface area contributed by atoms with Gasteiger partial charge in [0.25, 0.3) is 5.91 Å². The van der Waals surface area contributed by atoms with E-state index < -0.39 is 0 Å². The number of nitrogens with one attached hydrogen (secondary N) is 1. The lowest BCUT2D eigenvalue weighted by molar-refractivity contribution is 0.0950. The van der Waals surface area contributed by atoms with Crippen LogP contribution in [0, 0.1) is 25.2 Å². The first-order valence-electron chi connectivity index (χ1n) is 10.0. The van der Waals surface area contributed by atoms with Gasteiger partial charge in [-0.3, -0.25) is 4.79 Å². The van der Waals surface area contributed by atoms with E-state index in [0.29, 0.717) is 36.8 Å². The number of benzene rings is 2. The van der Waals surface area contributed by atoms with Gasteiger partial charge >= 0.3 is 0 Å². The van der Waals surface area contributed by atoms with Crippen LogP contribution in [-0.4, -0.2) is 30.3 Å². The van der Waals surface area contributed by atoms with Crippen molar-refractivity contribution in [2.75, 3.05) is 19.8 Å². The monoisotopic (exact) mass is 417 g/mol. The van der Waals surface area contributed by atoms with Gasteiger partial charge in [-0.2, -0.15) is 5.26 Å². The van der Waals surface area contributed by atoms with Gasteiger partial charge in [-0.05, 0) is 49.7 Å². The Labute approximate surface area is 180 Å². The van der Waals surface area contributed by atoms with E-state index in [1.54, 1.807) is 6.07 Å². The molecule has 4 rings (SSSR count). The highest BCUT2D eigenvalue weighted by molar-refractivity contribution is 5.95. The maximum absolute atomic E-state index is 12.9. The zero-order valence-electron chi connectivity index (χ0n) is 17.5. The standard InChI is InChI=1S/C24H23N3O4/c1-16-12-21(24(28)26-15-18-4-3-5-20(13-18)29-9-8-25)17(2)27(16)19-6-7-22-23(14-19)31-11-10-30-22/h3-7,12-14H,9-11,15H2,1-2H3,(H,26,28). The topological polar surface area (TPSA) is 85.5 Å². The second-order valence-corrected chi connectivity index (χ2v) is 7.23. The molecule has 1 aliphatic heterocycles. The van der Waals surface area contributed by atoms with Crippen LogP contribution in [0.1, 0.15) is 27.3 Å². The highest BCUT2D eigenvalue weighted by Gasteiger charge is 2.19. The number of fused-ring (bicyclic) bond motifs is 1. The SMILES string of the molecule is Cc1cc(C(=O)NCc2cccc(OCC#N)c2)c(C)n1-c1ccc2c(c1)OCCO2. The van der Waals surface area contributed by atoms with Crippen molar-refractivity contribution in [3.63, 3.8) is 0 Å². The summed E-state index contributed by atoms with van der Waals surface area (Å²) >= 11 is 0. The van der Waals surface area contributed by atoms with Crippen molar-refractivity contribution in [2.45, 2.75) is 20.4 Å². The summed E-state index contributed by atoms with van der Waals surface area (Å²) in [5, 5.41) is 11.6. The smallest absolute Gasteiger partial charge is 0.253 e. The number of nitriles is 1. The quantitative estimate of drug-likeness (QED) is 0.661. The predicted octanol–water partition coefficient (Wildman–Crippen LogP) is 3.70. The number of aryl methyl sites for hydroxylation is 1. The first-order valence-corrected chi connectivity index (χ1v) is 10.0. The summed E-state index contributed by atoms with van der Waals surface area (Å²) in [6.45, 7) is 5.31. The number of amides is 1. The third kappa shape index (κ3) is 4.33. The van der Waals surface area contributed by atoms with Crippen LogP contribution in [-0.2, 0) is 6.54 Å². The maximum atomic E-state index is 12.9. The lowest BCUT2D eigenvalue weighted by Crippen LogP contribution is -2.23. The fourth-order valence-corrected chi connectivity index (χ4v) is 3.70. The molecule has 158 valence electrons. The van der Waals surface area contributed by atoms with E-state index in [-0.39, 0.29) is 12.5 Å². The zero-order valence-corrected chi connectivity index (χ0v) is 17.5. The summed E-state index contributed by atoms with van der Waals surface area (Å²) in [7, 11) is 0. The molecule has 1 aliphatic rings. The minimum absolute atomic E-state index is 0.0122. The summed E-state index contributed by atoms with van der Waals surface area (Å²) in [6, 6.07) is 16.9. The number of hydrogen-bond acceptors (Lipinski definition) is 5. The molecule has 7 heteroatoms. The van der Waals surface area contributed by atoms with E-state index in [0.717, 1.165) is 28.4 Å². The molecule has 0 aliphatic carbocycles. The van der Waals surface area contributed by atoms with E-state index in [9.17, 15) is 4.79 Å². The Balaban J connectivity index is 1.51. The van der Waals surface area contributed by atoms with Crippen LogP contribution in [0.3, 0.4) is 0 Å². The maximum Gasteiger partial charge on any atom is 0.253 e. The lowest BCUT2D eigenvalue weighted by Gasteiger charge is -2.20. The number of nitrogens with zero attached hydrogens (tertiary/aromatic N) is 2. The summed E-state index contributed by atoms with van der Waals surface area (Å²) in [4.78, 5) is 12.9. The number of carbonyl (C=O) groups excluding carboxylic acids is 1. The predicted molar refractivity (Wildman–Crippen MR) is 115 cm³/mol. The van der Waals surface area contributed by atoms with E-state index in [4.69, 9.17) is 19.5 Å². The highest BCUT2D eigenvalue weighted by Crippen LogP contribution is 2.33. The van der Waals surface area contributed by atoms with Crippen LogP contribution in [0.25, 0.3) is 5.69 Å². The minimum Gasteiger partial charge on any atom is -0.486 e. The van der Waals surface area contributed by atoms with Gasteiger partial charge in [-0.25, -0.2) is 0 Å². The largest absolute Gasteiger partial charge is 0.486 e. The molecule has 0 bridgehead atoms. The number of ether oxygens (including phenoxy) is 3. The van der Waals surface area contributed by atoms with Crippen LogP contribution in [0.4, 0.5) is 0 Å². The van der Waals surface area contributed by atoms with Gasteiger partial charge < -0.3 is 24.1 Å². The van der Waals surface area contributed by atoms with E-state index in [1.165, 1.54) is 0 Å². The third-order valence-electron chi connectivity index (χ3n) is 5.11. The lowest BCUT2D eigenvalue weighted by atomic mass is 10.2. The fourth-order valence-electron chi connectivity index (χ4n) is 3.70. The normalized spacial score (nSPS) is 12.2. The molecule has 2 heterocycles. The molecule has 1 N–H and O–H groups in total. The van der Waals surface area contributed by atoms with Crippen molar-refractivity contribution in [3.05, 3.63) is 71.0 Å². The third-order valence-corrected chi connectivity index (χ3v) is 5.11. The summed E-state index contributed by atoms with van der Waals surface area (Å²) in [6.07, 6.45) is 0. The minimum atomic E-state index is -0.153. The van der Waals surface area contributed by atoms with Gasteiger partial charge in [-0.1, -0.05) is 12.1 Å². The first kappa shape index (κ1) is 20.4. The van der Waals surface area contributed by atoms with Crippen LogP contribution < -0.4 is 19.5 Å². The number of rotatable bonds is 6. The number of carbonyl (C=O) groups is 1. The van der Waals surface area contributed by atoms with Gasteiger partial charge in [0, 0.05) is 29.7 Å². The van der Waals surface area contributed by atoms with Gasteiger partial charge in [0.1, 0.15) is 25.0 Å². The molecule has 1 aromatic heterocycles. The molecule has 0 saturated carbocycles. The second-order valence-electron chi connectivity index (χ2n) is 7.23. The number of aromatic nitrogens is 1. The molecule has 0 fully saturated rings. The molecular formula is C24H23N3O4. The Morgan fingerprint density at radius 3 is 2.74 bits per heavy atom. The Kier molecular flexibility index (Phi) is 5.80. The van der Waals surface area contributed by atoms with Gasteiger partial charge in [0.05, 0.1) is 5.56 Å². The first-order chi connectivity index (χ1) is 15.1. The van der Waals surface area contributed by atoms with Crippen LogP contribution in [0.2, 0.25) is 0 Å². The molecule has 0 atom stereocenters. The summed E-state index contributed by atoms with van der Waals surface area (Å²) < 4.78 is 18.6. The Morgan fingerprint density at radius 1 is 1.13 bits per heavy atom. The Morgan fingerprint density at radius 2 is 1.94 bits per heavy atom. The average molecular weight is 417 g/mol. The van der Waals surface area contributed by atoms with Crippen LogP contribution in [0.5, 0.6) is 17.2 Å². The van der Waals surface area contributed by atoms with E-state index >= 15 is 0 Å². The van der Waals surface area contributed by atoms with Crippen LogP contribution in [0.15, 0.2) is 48.5 Å². The van der Waals surface area contributed by atoms with Gasteiger partial charge in [-0.15, -0.1) is 0 Å². The van der Waals surface area contributed by atoms with Crippen molar-refractivity contribution >= 4 is 5.91 Å². The molecular weight excluding hydrogens is 394 g/mol. The zero-order chi connectivity index (χ0) is 21.8. The fraction of sp³-hybridized carbons (Fsp3) is 0.250. The molecule has 2 aromatic carbocycles. The van der Waals surface area contributed by atoms with Gasteiger partial charge in [0.15, 0.2) is 18.1 Å². The summed E-state index contributed by atoms with van der Waals surface area (Å²) in [5.41, 5.74) is 4.22. The Bertz CT molecular complexity index is 1160. The van der Waals surface area contributed by atoms with Crippen LogP contribution >= 0.6 is 0 Å². The molecule has 0 spiro atoms. The van der Waals surface area contributed by atoms with E-state index in [1.807, 2.05) is 66.9 Å². The summed E-state index contributed by atoms with van der Waals surface area (Å²) in [5.74, 6) is 1.89. The Hall–Kier alpha value is -3.92. The second kappa shape index (κ2) is 8.84. The van der Waals surface area contributed by atoms with Crippen molar-refractivity contribution in [3.8, 4) is 29.0 Å². The van der Waals surface area contributed by atoms with Crippen molar-refractivity contribution < 1.29 is 19.0 Å². The number of hydrogen-bond donors (Lipinski definition) is 1. The molecule has 31 heavy (non-hydrogen) atoms. The highest BCUT2D eigenvalue weighted by atomic mass is 16.6. The molecule has 0 unspecified atom stereocenters.